The van der Waals surface area contributed by atoms with Gasteiger partial charge in [0.05, 0.1) is 30.0 Å². The first-order valence-electron chi connectivity index (χ1n) is 5.00. The van der Waals surface area contributed by atoms with Crippen molar-refractivity contribution in [2.45, 2.75) is 6.92 Å². The second-order valence-corrected chi connectivity index (χ2v) is 3.56. The number of halogens is 2. The molecule has 0 spiro atoms. The summed E-state index contributed by atoms with van der Waals surface area (Å²) in [5.41, 5.74) is -0.259. The van der Waals surface area contributed by atoms with Gasteiger partial charge in [-0.1, -0.05) is 11.6 Å². The number of nitrogens with one attached hydrogen (secondary N) is 1. The summed E-state index contributed by atoms with van der Waals surface area (Å²) in [6, 6.07) is 2.00. The predicted octanol–water partition coefficient (Wildman–Crippen LogP) is 2.83. The summed E-state index contributed by atoms with van der Waals surface area (Å²) >= 11 is 5.69. The van der Waals surface area contributed by atoms with E-state index in [2.05, 4.69) is 14.8 Å². The van der Waals surface area contributed by atoms with Gasteiger partial charge in [-0.05, 0) is 19.1 Å². The lowest BCUT2D eigenvalue weighted by molar-refractivity contribution is 0.0601. The molecule has 0 heterocycles. The van der Waals surface area contributed by atoms with E-state index >= 15 is 0 Å². The molecule has 0 saturated carbocycles. The largest absolute Gasteiger partial charge is 0.465 e. The average Bonchev–Trinajstić information content (AvgIpc) is 2.32. The van der Waals surface area contributed by atoms with E-state index in [0.29, 0.717) is 0 Å². The molecule has 0 saturated heterocycles. The third-order valence-corrected chi connectivity index (χ3v) is 2.29. The fourth-order valence-electron chi connectivity index (χ4n) is 1.19. The number of benzene rings is 1. The molecule has 5 nitrogen and oxygen atoms in total. The second-order valence-electron chi connectivity index (χ2n) is 3.15. The number of amides is 1. The van der Waals surface area contributed by atoms with Gasteiger partial charge in [0.1, 0.15) is 5.82 Å². The Morgan fingerprint density at radius 1 is 1.44 bits per heavy atom. The number of rotatable bonds is 3. The molecular weight excluding hydrogens is 265 g/mol. The lowest BCUT2D eigenvalue weighted by Gasteiger charge is -2.09. The van der Waals surface area contributed by atoms with Crippen LogP contribution in [0.15, 0.2) is 12.1 Å². The van der Waals surface area contributed by atoms with Crippen molar-refractivity contribution in [2.24, 2.45) is 0 Å². The molecule has 0 bridgehead atoms. The highest BCUT2D eigenvalue weighted by Gasteiger charge is 2.16. The first kappa shape index (κ1) is 14.2. The fraction of sp³-hybridized carbons (Fsp3) is 0.273. The summed E-state index contributed by atoms with van der Waals surface area (Å²) in [7, 11) is 1.17. The van der Waals surface area contributed by atoms with Crippen molar-refractivity contribution in [3.05, 3.63) is 28.5 Å². The molecule has 7 heteroatoms. The lowest BCUT2D eigenvalue weighted by Crippen LogP contribution is -2.15. The summed E-state index contributed by atoms with van der Waals surface area (Å²) in [5.74, 6) is -1.51. The smallest absolute Gasteiger partial charge is 0.411 e. The van der Waals surface area contributed by atoms with E-state index in [1.807, 2.05) is 0 Å². The van der Waals surface area contributed by atoms with E-state index in [-0.39, 0.29) is 22.9 Å². The Kier molecular flexibility index (Phi) is 4.91. The van der Waals surface area contributed by atoms with Crippen LogP contribution in [0.3, 0.4) is 0 Å². The molecule has 98 valence electrons. The number of anilines is 1. The van der Waals surface area contributed by atoms with Crippen LogP contribution in [0.1, 0.15) is 17.3 Å². The standard InChI is InChI=1S/C11H11ClFNO4/c1-3-18-11(16)14-9-4-6(10(15)17-2)7(12)5-8(9)13/h4-5H,3H2,1-2H3,(H,14,16). The van der Waals surface area contributed by atoms with Crippen molar-refractivity contribution in [1.82, 2.24) is 0 Å². The van der Waals surface area contributed by atoms with Crippen LogP contribution in [0.2, 0.25) is 5.02 Å². The molecule has 0 aromatic heterocycles. The van der Waals surface area contributed by atoms with E-state index < -0.39 is 17.9 Å². The maximum Gasteiger partial charge on any atom is 0.411 e. The van der Waals surface area contributed by atoms with Crippen LogP contribution < -0.4 is 5.32 Å². The van der Waals surface area contributed by atoms with E-state index in [1.165, 1.54) is 7.11 Å². The van der Waals surface area contributed by atoms with Gasteiger partial charge in [0.2, 0.25) is 0 Å². The van der Waals surface area contributed by atoms with E-state index in [1.54, 1.807) is 6.92 Å². The highest BCUT2D eigenvalue weighted by Crippen LogP contribution is 2.25. The molecule has 1 aromatic rings. The average molecular weight is 276 g/mol. The van der Waals surface area contributed by atoms with E-state index in [4.69, 9.17) is 11.6 Å². The van der Waals surface area contributed by atoms with Crippen molar-refractivity contribution >= 4 is 29.4 Å². The van der Waals surface area contributed by atoms with E-state index in [9.17, 15) is 14.0 Å². The normalized spacial score (nSPS) is 9.78. The first-order valence-corrected chi connectivity index (χ1v) is 5.38. The zero-order valence-electron chi connectivity index (χ0n) is 9.75. The van der Waals surface area contributed by atoms with Gasteiger partial charge in [-0.25, -0.2) is 14.0 Å². The monoisotopic (exact) mass is 275 g/mol. The van der Waals surface area contributed by atoms with Crippen LogP contribution >= 0.6 is 11.6 Å². The van der Waals surface area contributed by atoms with Gasteiger partial charge < -0.3 is 9.47 Å². The maximum absolute atomic E-state index is 13.5. The van der Waals surface area contributed by atoms with Crippen LogP contribution in [0.25, 0.3) is 0 Å². The summed E-state index contributed by atoms with van der Waals surface area (Å²) in [6.07, 6.45) is -0.825. The third-order valence-electron chi connectivity index (χ3n) is 1.97. The highest BCUT2D eigenvalue weighted by atomic mass is 35.5. The summed E-state index contributed by atoms with van der Waals surface area (Å²) in [4.78, 5) is 22.5. The number of carbonyl (C=O) groups is 2. The van der Waals surface area contributed by atoms with E-state index in [0.717, 1.165) is 12.1 Å². The quantitative estimate of drug-likeness (QED) is 0.862. The molecular formula is C11H11ClFNO4. The maximum atomic E-state index is 13.5. The Morgan fingerprint density at radius 2 is 2.11 bits per heavy atom. The zero-order chi connectivity index (χ0) is 13.7. The Labute approximate surface area is 108 Å². The number of hydrogen-bond donors (Lipinski definition) is 1. The third kappa shape index (κ3) is 3.33. The van der Waals surface area contributed by atoms with Crippen LogP contribution in [0.5, 0.6) is 0 Å². The lowest BCUT2D eigenvalue weighted by atomic mass is 10.2. The second kappa shape index (κ2) is 6.20. The van der Waals surface area contributed by atoms with Crippen LogP contribution in [-0.4, -0.2) is 25.8 Å². The Morgan fingerprint density at radius 3 is 2.67 bits per heavy atom. The van der Waals surface area contributed by atoms with Crippen molar-refractivity contribution in [2.75, 3.05) is 19.0 Å². The van der Waals surface area contributed by atoms with Crippen LogP contribution in [0.4, 0.5) is 14.9 Å². The van der Waals surface area contributed by atoms with Gasteiger partial charge in [-0.3, -0.25) is 5.32 Å². The minimum absolute atomic E-state index is 0.0487. The molecule has 1 amide bonds. The molecule has 0 unspecified atom stereocenters. The van der Waals surface area contributed by atoms with Crippen molar-refractivity contribution in [3.63, 3.8) is 0 Å². The first-order chi connectivity index (χ1) is 8.49. The number of ether oxygens (including phenoxy) is 2. The number of carbonyl (C=O) groups excluding carboxylic acids is 2. The Hall–Kier alpha value is -1.82. The van der Waals surface area contributed by atoms with Gasteiger partial charge in [-0.2, -0.15) is 0 Å². The van der Waals surface area contributed by atoms with Gasteiger partial charge >= 0.3 is 12.1 Å². The molecule has 1 N–H and O–H groups in total. The summed E-state index contributed by atoms with van der Waals surface area (Å²) in [5, 5.41) is 2.05. The van der Waals surface area contributed by atoms with Gasteiger partial charge in [-0.15, -0.1) is 0 Å². The molecule has 0 atom stereocenters. The summed E-state index contributed by atoms with van der Waals surface area (Å²) < 4.78 is 22.6. The van der Waals surface area contributed by atoms with Crippen LogP contribution in [-0.2, 0) is 9.47 Å². The molecule has 1 rings (SSSR count). The Balaban J connectivity index is 3.05. The van der Waals surface area contributed by atoms with Gasteiger partial charge in [0.15, 0.2) is 0 Å². The molecule has 0 aliphatic rings. The van der Waals surface area contributed by atoms with Crippen molar-refractivity contribution < 1.29 is 23.5 Å². The molecule has 0 aliphatic carbocycles. The van der Waals surface area contributed by atoms with Gasteiger partial charge in [0.25, 0.3) is 0 Å². The topological polar surface area (TPSA) is 64.6 Å². The molecule has 0 fully saturated rings. The zero-order valence-corrected chi connectivity index (χ0v) is 10.5. The molecule has 18 heavy (non-hydrogen) atoms. The fourth-order valence-corrected chi connectivity index (χ4v) is 1.42. The number of hydrogen-bond acceptors (Lipinski definition) is 4. The predicted molar refractivity (Wildman–Crippen MR) is 63.4 cm³/mol. The van der Waals surface area contributed by atoms with Crippen LogP contribution in [0, 0.1) is 5.82 Å². The minimum Gasteiger partial charge on any atom is -0.465 e. The summed E-state index contributed by atoms with van der Waals surface area (Å²) in [6.45, 7) is 1.75. The number of esters is 1. The Bertz CT molecular complexity index is 478. The molecule has 1 aromatic carbocycles. The van der Waals surface area contributed by atoms with Gasteiger partial charge in [0, 0.05) is 0 Å². The SMILES string of the molecule is CCOC(=O)Nc1cc(C(=O)OC)c(Cl)cc1F. The molecule has 0 radical (unpaired) electrons. The minimum atomic E-state index is -0.825. The highest BCUT2D eigenvalue weighted by molar-refractivity contribution is 6.33. The number of methoxy groups -OCH3 is 1. The van der Waals surface area contributed by atoms with Crippen molar-refractivity contribution in [1.29, 1.82) is 0 Å². The van der Waals surface area contributed by atoms with Crippen molar-refractivity contribution in [3.8, 4) is 0 Å². The molecule has 0 aliphatic heterocycles.